The molecule has 23 heavy (non-hydrogen) atoms. The number of amides is 1. The molecule has 0 aliphatic carbocycles. The number of piperazine rings is 1. The Balaban J connectivity index is 1.59. The summed E-state index contributed by atoms with van der Waals surface area (Å²) >= 11 is 0. The first-order valence-electron chi connectivity index (χ1n) is 7.58. The van der Waals surface area contributed by atoms with E-state index < -0.39 is 0 Å². The van der Waals surface area contributed by atoms with Gasteiger partial charge in [-0.15, -0.1) is 0 Å². The van der Waals surface area contributed by atoms with Gasteiger partial charge in [-0.3, -0.25) is 19.5 Å². The highest BCUT2D eigenvalue weighted by atomic mass is 16.2. The Bertz CT molecular complexity index is 736. The minimum Gasteiger partial charge on any atom is -0.335 e. The molecule has 0 bridgehead atoms. The fraction of sp³-hybridized carbons (Fsp3) is 0.375. The molecule has 0 spiro atoms. The van der Waals surface area contributed by atoms with Crippen molar-refractivity contribution in [3.63, 3.8) is 0 Å². The van der Waals surface area contributed by atoms with Gasteiger partial charge in [-0.05, 0) is 17.7 Å². The maximum absolute atomic E-state index is 12.4. The maximum Gasteiger partial charge on any atom is 0.274 e. The number of nitrogens with zero attached hydrogens (tertiary/aromatic N) is 5. The second-order valence-corrected chi connectivity index (χ2v) is 5.61. The molecular formula is C16H19N5O2. The van der Waals surface area contributed by atoms with Gasteiger partial charge < -0.3 is 4.90 Å². The molecule has 7 heteroatoms. The van der Waals surface area contributed by atoms with Crippen molar-refractivity contribution in [3.05, 3.63) is 58.3 Å². The van der Waals surface area contributed by atoms with Crippen molar-refractivity contribution in [2.24, 2.45) is 7.05 Å². The fourth-order valence-corrected chi connectivity index (χ4v) is 2.64. The second-order valence-electron chi connectivity index (χ2n) is 5.61. The monoisotopic (exact) mass is 313 g/mol. The van der Waals surface area contributed by atoms with Gasteiger partial charge in [0.1, 0.15) is 5.69 Å². The van der Waals surface area contributed by atoms with Crippen LogP contribution in [0.3, 0.4) is 0 Å². The normalized spacial score (nSPS) is 15.6. The maximum atomic E-state index is 12.4. The molecule has 0 atom stereocenters. The number of hydrogen-bond acceptors (Lipinski definition) is 5. The van der Waals surface area contributed by atoms with E-state index in [0.717, 1.165) is 19.6 Å². The number of pyridine rings is 1. The zero-order chi connectivity index (χ0) is 16.2. The molecule has 120 valence electrons. The van der Waals surface area contributed by atoms with Gasteiger partial charge in [0.2, 0.25) is 0 Å². The van der Waals surface area contributed by atoms with E-state index in [1.807, 2.05) is 12.3 Å². The Morgan fingerprint density at radius 2 is 1.96 bits per heavy atom. The Kier molecular flexibility index (Phi) is 4.47. The summed E-state index contributed by atoms with van der Waals surface area (Å²) in [6, 6.07) is 6.85. The van der Waals surface area contributed by atoms with Crippen LogP contribution in [-0.2, 0) is 13.6 Å². The zero-order valence-corrected chi connectivity index (χ0v) is 13.1. The number of carbonyl (C=O) groups is 1. The first-order chi connectivity index (χ1) is 11.1. The van der Waals surface area contributed by atoms with Crippen LogP contribution in [0.5, 0.6) is 0 Å². The van der Waals surface area contributed by atoms with Crippen LogP contribution in [0.25, 0.3) is 0 Å². The highest BCUT2D eigenvalue weighted by molar-refractivity contribution is 5.92. The average Bonchev–Trinajstić information content (AvgIpc) is 2.58. The van der Waals surface area contributed by atoms with Crippen molar-refractivity contribution in [3.8, 4) is 0 Å². The lowest BCUT2D eigenvalue weighted by Gasteiger charge is -2.34. The summed E-state index contributed by atoms with van der Waals surface area (Å²) in [5.41, 5.74) is 1.27. The van der Waals surface area contributed by atoms with Gasteiger partial charge in [-0.25, -0.2) is 4.68 Å². The van der Waals surface area contributed by atoms with Crippen molar-refractivity contribution in [2.45, 2.75) is 6.54 Å². The van der Waals surface area contributed by atoms with Crippen LogP contribution < -0.4 is 5.56 Å². The molecule has 1 amide bonds. The third kappa shape index (κ3) is 3.62. The Morgan fingerprint density at radius 1 is 1.17 bits per heavy atom. The van der Waals surface area contributed by atoms with Crippen LogP contribution >= 0.6 is 0 Å². The quantitative estimate of drug-likeness (QED) is 0.806. The standard InChI is InChI=1S/C16H19N5O2/c1-19-15(22)5-4-14(18-19)16(23)21-9-7-20(8-10-21)12-13-3-2-6-17-11-13/h2-6,11H,7-10,12H2,1H3. The van der Waals surface area contributed by atoms with Crippen LogP contribution in [0.15, 0.2) is 41.5 Å². The molecule has 0 aromatic carbocycles. The van der Waals surface area contributed by atoms with Gasteiger partial charge in [0.15, 0.2) is 0 Å². The smallest absolute Gasteiger partial charge is 0.274 e. The molecule has 2 aromatic rings. The average molecular weight is 313 g/mol. The molecule has 1 aliphatic rings. The Labute approximate surface area is 134 Å². The molecule has 0 unspecified atom stereocenters. The van der Waals surface area contributed by atoms with Crippen molar-refractivity contribution >= 4 is 5.91 Å². The number of hydrogen-bond donors (Lipinski definition) is 0. The van der Waals surface area contributed by atoms with E-state index in [1.165, 1.54) is 22.4 Å². The molecule has 0 radical (unpaired) electrons. The second kappa shape index (κ2) is 6.70. The number of aryl methyl sites for hydroxylation is 1. The summed E-state index contributed by atoms with van der Waals surface area (Å²) < 4.78 is 1.19. The summed E-state index contributed by atoms with van der Waals surface area (Å²) in [6.07, 6.45) is 3.63. The van der Waals surface area contributed by atoms with Gasteiger partial charge >= 0.3 is 0 Å². The lowest BCUT2D eigenvalue weighted by Crippen LogP contribution is -2.48. The van der Waals surface area contributed by atoms with E-state index >= 15 is 0 Å². The Morgan fingerprint density at radius 3 is 2.61 bits per heavy atom. The van der Waals surface area contributed by atoms with Crippen molar-refractivity contribution in [2.75, 3.05) is 26.2 Å². The van der Waals surface area contributed by atoms with E-state index in [9.17, 15) is 9.59 Å². The lowest BCUT2D eigenvalue weighted by atomic mass is 10.2. The minimum atomic E-state index is -0.220. The fourth-order valence-electron chi connectivity index (χ4n) is 2.64. The van der Waals surface area contributed by atoms with Gasteiger partial charge in [-0.2, -0.15) is 5.10 Å². The minimum absolute atomic E-state index is 0.123. The van der Waals surface area contributed by atoms with Gasteiger partial charge in [0.25, 0.3) is 11.5 Å². The third-order valence-electron chi connectivity index (χ3n) is 3.97. The van der Waals surface area contributed by atoms with Crippen molar-refractivity contribution < 1.29 is 4.79 Å². The molecule has 3 heterocycles. The predicted octanol–water partition coefficient (Wildman–Crippen LogP) is 0.133. The molecule has 2 aromatic heterocycles. The largest absolute Gasteiger partial charge is 0.335 e. The first-order valence-corrected chi connectivity index (χ1v) is 7.58. The summed E-state index contributed by atoms with van der Waals surface area (Å²) in [6.45, 7) is 3.78. The molecule has 3 rings (SSSR count). The van der Waals surface area contributed by atoms with Gasteiger partial charge in [0.05, 0.1) is 0 Å². The van der Waals surface area contributed by atoms with Gasteiger partial charge in [-0.1, -0.05) is 6.07 Å². The molecule has 0 N–H and O–H groups in total. The highest BCUT2D eigenvalue weighted by Gasteiger charge is 2.23. The van der Waals surface area contributed by atoms with Crippen LogP contribution in [-0.4, -0.2) is 56.7 Å². The molecule has 1 aliphatic heterocycles. The summed E-state index contributed by atoms with van der Waals surface area (Å²) in [7, 11) is 1.55. The van der Waals surface area contributed by atoms with Crippen molar-refractivity contribution in [1.29, 1.82) is 0 Å². The molecule has 1 saturated heterocycles. The topological polar surface area (TPSA) is 71.3 Å². The summed E-state index contributed by atoms with van der Waals surface area (Å²) in [5, 5.41) is 4.03. The zero-order valence-electron chi connectivity index (χ0n) is 13.1. The van der Waals surface area contributed by atoms with E-state index in [0.29, 0.717) is 18.8 Å². The molecular weight excluding hydrogens is 294 g/mol. The first kappa shape index (κ1) is 15.4. The van der Waals surface area contributed by atoms with Crippen LogP contribution in [0.2, 0.25) is 0 Å². The number of rotatable bonds is 3. The predicted molar refractivity (Wildman–Crippen MR) is 84.9 cm³/mol. The Hall–Kier alpha value is -2.54. The highest BCUT2D eigenvalue weighted by Crippen LogP contribution is 2.09. The van der Waals surface area contributed by atoms with Crippen LogP contribution in [0.1, 0.15) is 16.1 Å². The SMILES string of the molecule is Cn1nc(C(=O)N2CCN(Cc3cccnc3)CC2)ccc1=O. The summed E-state index contributed by atoms with van der Waals surface area (Å²) in [5.74, 6) is -0.123. The van der Waals surface area contributed by atoms with E-state index in [1.54, 1.807) is 18.1 Å². The van der Waals surface area contributed by atoms with E-state index in [2.05, 4.69) is 21.0 Å². The van der Waals surface area contributed by atoms with E-state index in [4.69, 9.17) is 0 Å². The third-order valence-corrected chi connectivity index (χ3v) is 3.97. The van der Waals surface area contributed by atoms with E-state index in [-0.39, 0.29) is 11.5 Å². The van der Waals surface area contributed by atoms with Crippen molar-refractivity contribution in [1.82, 2.24) is 24.6 Å². The molecule has 0 saturated carbocycles. The number of aromatic nitrogens is 3. The number of carbonyl (C=O) groups excluding carboxylic acids is 1. The van der Waals surface area contributed by atoms with Crippen LogP contribution in [0, 0.1) is 0 Å². The molecule has 7 nitrogen and oxygen atoms in total. The van der Waals surface area contributed by atoms with Gasteiger partial charge in [0, 0.05) is 58.2 Å². The molecule has 1 fully saturated rings. The lowest BCUT2D eigenvalue weighted by molar-refractivity contribution is 0.0620. The summed E-state index contributed by atoms with van der Waals surface area (Å²) in [4.78, 5) is 32.0. The van der Waals surface area contributed by atoms with Crippen LogP contribution in [0.4, 0.5) is 0 Å².